The van der Waals surface area contributed by atoms with Crippen molar-refractivity contribution in [3.63, 3.8) is 0 Å². The van der Waals surface area contributed by atoms with Crippen LogP contribution >= 0.6 is 11.6 Å². The van der Waals surface area contributed by atoms with Crippen LogP contribution in [0.3, 0.4) is 0 Å². The van der Waals surface area contributed by atoms with E-state index in [1.807, 2.05) is 12.1 Å². The van der Waals surface area contributed by atoms with Crippen molar-refractivity contribution in [1.82, 2.24) is 19.5 Å². The Hall–Kier alpha value is -3.82. The molecule has 3 aromatic heterocycles. The maximum absolute atomic E-state index is 14.1. The first-order valence-electron chi connectivity index (χ1n) is 13.4. The van der Waals surface area contributed by atoms with E-state index in [0.717, 1.165) is 61.3 Å². The van der Waals surface area contributed by atoms with Gasteiger partial charge in [-0.1, -0.05) is 29.8 Å². The van der Waals surface area contributed by atoms with Crippen LogP contribution < -0.4 is 4.74 Å². The van der Waals surface area contributed by atoms with Crippen molar-refractivity contribution in [3.8, 4) is 5.88 Å². The number of fused-ring (bicyclic) bond motifs is 1. The van der Waals surface area contributed by atoms with E-state index < -0.39 is 11.8 Å². The lowest BCUT2D eigenvalue weighted by Gasteiger charge is -2.28. The van der Waals surface area contributed by atoms with Crippen molar-refractivity contribution >= 4 is 34.3 Å². The highest BCUT2D eigenvalue weighted by atomic mass is 35.5. The molecule has 2 atom stereocenters. The van der Waals surface area contributed by atoms with Crippen LogP contribution in [0.2, 0.25) is 5.02 Å². The number of imidazole rings is 1. The van der Waals surface area contributed by atoms with Gasteiger partial charge in [0.1, 0.15) is 18.2 Å². The average molecular weight is 563 g/mol. The summed E-state index contributed by atoms with van der Waals surface area (Å²) in [5.74, 6) is 0.318. The second-order valence-corrected chi connectivity index (χ2v) is 10.7. The molecular weight excluding hydrogens is 535 g/mol. The molecular formula is C30H28ClFN4O4. The van der Waals surface area contributed by atoms with Crippen LogP contribution in [0, 0.1) is 11.7 Å². The molecule has 1 aromatic carbocycles. The molecule has 1 saturated heterocycles. The van der Waals surface area contributed by atoms with Gasteiger partial charge in [0.2, 0.25) is 5.88 Å². The molecule has 0 saturated carbocycles. The van der Waals surface area contributed by atoms with Crippen molar-refractivity contribution in [2.24, 2.45) is 5.92 Å². The normalized spacial score (nSPS) is 18.8. The van der Waals surface area contributed by atoms with E-state index in [4.69, 9.17) is 26.1 Å². The average Bonchev–Trinajstić information content (AvgIpc) is 3.26. The maximum Gasteiger partial charge on any atom is 0.337 e. The smallest absolute Gasteiger partial charge is 0.337 e. The zero-order valence-corrected chi connectivity index (χ0v) is 22.5. The lowest BCUT2D eigenvalue weighted by atomic mass is 9.86. The van der Waals surface area contributed by atoms with Crippen LogP contribution in [0.15, 0.2) is 54.7 Å². The largest absolute Gasteiger partial charge is 0.478 e. The van der Waals surface area contributed by atoms with Gasteiger partial charge in [0.25, 0.3) is 0 Å². The molecule has 0 spiro atoms. The number of carboxylic acid groups (broad SMARTS) is 1. The van der Waals surface area contributed by atoms with E-state index in [-0.39, 0.29) is 18.3 Å². The molecule has 0 amide bonds. The molecule has 0 bridgehead atoms. The van der Waals surface area contributed by atoms with Crippen molar-refractivity contribution in [1.29, 1.82) is 0 Å². The number of hydrogen-bond donors (Lipinski definition) is 1. The van der Waals surface area contributed by atoms with Gasteiger partial charge in [0.15, 0.2) is 5.65 Å². The van der Waals surface area contributed by atoms with E-state index in [1.165, 1.54) is 12.3 Å². The Morgan fingerprint density at radius 1 is 1.20 bits per heavy atom. The minimum Gasteiger partial charge on any atom is -0.478 e. The van der Waals surface area contributed by atoms with Gasteiger partial charge in [0.05, 0.1) is 29.4 Å². The molecule has 0 radical (unpaired) electrons. The van der Waals surface area contributed by atoms with Gasteiger partial charge in [-0.3, -0.25) is 0 Å². The zero-order valence-electron chi connectivity index (χ0n) is 21.7. The number of aromatic nitrogens is 4. The number of ether oxygens (including phenoxy) is 2. The number of benzene rings is 1. The van der Waals surface area contributed by atoms with E-state index in [1.54, 1.807) is 24.3 Å². The predicted molar refractivity (Wildman–Crippen MR) is 148 cm³/mol. The van der Waals surface area contributed by atoms with Crippen LogP contribution in [0.4, 0.5) is 4.39 Å². The van der Waals surface area contributed by atoms with Crippen LogP contribution in [0.1, 0.15) is 53.1 Å². The van der Waals surface area contributed by atoms with Gasteiger partial charge in [-0.2, -0.15) is 0 Å². The summed E-state index contributed by atoms with van der Waals surface area (Å²) in [6, 6.07) is 11.8. The molecule has 2 unspecified atom stereocenters. The topological polar surface area (TPSA) is 99.4 Å². The van der Waals surface area contributed by atoms with Crippen molar-refractivity contribution in [2.45, 2.75) is 51.4 Å². The molecule has 1 aliphatic carbocycles. The van der Waals surface area contributed by atoms with E-state index in [2.05, 4.69) is 20.6 Å². The molecule has 40 heavy (non-hydrogen) atoms. The number of carboxylic acids is 1. The first kappa shape index (κ1) is 26.4. The fourth-order valence-corrected chi connectivity index (χ4v) is 5.35. The molecule has 8 nitrogen and oxygen atoms in total. The fourth-order valence-electron chi connectivity index (χ4n) is 5.19. The lowest BCUT2D eigenvalue weighted by molar-refractivity contribution is -0.0590. The van der Waals surface area contributed by atoms with Crippen molar-refractivity contribution < 1.29 is 23.8 Å². The first-order chi connectivity index (χ1) is 19.4. The van der Waals surface area contributed by atoms with Gasteiger partial charge in [-0.05, 0) is 61.4 Å². The van der Waals surface area contributed by atoms with E-state index in [9.17, 15) is 14.3 Å². The maximum atomic E-state index is 14.1. The zero-order chi connectivity index (χ0) is 27.6. The Balaban J connectivity index is 1.15. The Morgan fingerprint density at radius 2 is 2.08 bits per heavy atom. The molecule has 6 rings (SSSR count). The summed E-state index contributed by atoms with van der Waals surface area (Å²) in [4.78, 5) is 25.3. The van der Waals surface area contributed by atoms with Crippen LogP contribution in [0.5, 0.6) is 5.88 Å². The molecule has 1 N–H and O–H groups in total. The number of carbonyl (C=O) groups is 1. The monoisotopic (exact) mass is 562 g/mol. The molecule has 1 fully saturated rings. The standard InChI is InChI=1S/C30H28ClFN4O4/c31-22-9-8-20(24(32)14-22)17-40-28-3-1-2-25(34-28)19-6-4-18(5-7-19)12-27-35-29-26(13-21(15-33-29)30(37)38)36(27)16-23-10-11-39-23/h1-3,6,8-9,13-15,18,23H,4-5,7,10-12,16-17H2,(H,37,38). The number of aromatic carboxylic acids is 1. The summed E-state index contributed by atoms with van der Waals surface area (Å²) in [6.45, 7) is 1.46. The summed E-state index contributed by atoms with van der Waals surface area (Å²) >= 11 is 5.84. The van der Waals surface area contributed by atoms with Crippen LogP contribution in [0.25, 0.3) is 16.7 Å². The number of halogens is 2. The van der Waals surface area contributed by atoms with Gasteiger partial charge >= 0.3 is 5.97 Å². The molecule has 206 valence electrons. The highest BCUT2D eigenvalue weighted by Crippen LogP contribution is 2.33. The molecule has 10 heteroatoms. The third-order valence-corrected chi connectivity index (χ3v) is 7.78. The van der Waals surface area contributed by atoms with Gasteiger partial charge < -0.3 is 19.1 Å². The first-order valence-corrected chi connectivity index (χ1v) is 13.7. The summed E-state index contributed by atoms with van der Waals surface area (Å²) in [5, 5.41) is 9.79. The third-order valence-electron chi connectivity index (χ3n) is 7.55. The minimum absolute atomic E-state index is 0.0658. The second-order valence-electron chi connectivity index (χ2n) is 10.3. The number of nitrogens with zero attached hydrogens (tertiary/aromatic N) is 4. The summed E-state index contributed by atoms with van der Waals surface area (Å²) < 4.78 is 27.6. The highest BCUT2D eigenvalue weighted by Gasteiger charge is 2.25. The van der Waals surface area contributed by atoms with Crippen molar-refractivity contribution in [3.05, 3.63) is 88.2 Å². The van der Waals surface area contributed by atoms with E-state index in [0.29, 0.717) is 34.6 Å². The Labute approximate surface area is 235 Å². The predicted octanol–water partition coefficient (Wildman–Crippen LogP) is 6.11. The Bertz CT molecular complexity index is 1600. The number of hydrogen-bond acceptors (Lipinski definition) is 6. The van der Waals surface area contributed by atoms with Gasteiger partial charge in [-0.15, -0.1) is 0 Å². The van der Waals surface area contributed by atoms with E-state index >= 15 is 0 Å². The molecule has 1 aliphatic heterocycles. The summed E-state index contributed by atoms with van der Waals surface area (Å²) in [5.41, 5.74) is 3.87. The highest BCUT2D eigenvalue weighted by molar-refractivity contribution is 6.30. The lowest BCUT2D eigenvalue weighted by Crippen LogP contribution is -2.32. The second kappa shape index (κ2) is 11.3. The van der Waals surface area contributed by atoms with Gasteiger partial charge in [-0.25, -0.2) is 24.1 Å². The fraction of sp³-hybridized carbons (Fsp3) is 0.333. The Kier molecular flexibility index (Phi) is 7.49. The minimum atomic E-state index is -1.01. The van der Waals surface area contributed by atoms with Crippen molar-refractivity contribution in [2.75, 3.05) is 6.61 Å². The SMILES string of the molecule is O=C(O)c1cnc2nc(CC3CC=C(c4cccc(OCc5ccc(Cl)cc5F)n4)CC3)n(CC3CCO3)c2c1. The summed E-state index contributed by atoms with van der Waals surface area (Å²) in [6.07, 6.45) is 8.13. The van der Waals surface area contributed by atoms with Crippen LogP contribution in [-0.2, 0) is 24.3 Å². The summed E-state index contributed by atoms with van der Waals surface area (Å²) in [7, 11) is 0. The molecule has 4 aromatic rings. The third kappa shape index (κ3) is 5.71. The number of rotatable bonds is 9. The Morgan fingerprint density at radius 3 is 2.80 bits per heavy atom. The number of pyridine rings is 2. The quantitative estimate of drug-likeness (QED) is 0.263. The molecule has 4 heterocycles. The van der Waals surface area contributed by atoms with Gasteiger partial charge in [0, 0.05) is 35.9 Å². The van der Waals surface area contributed by atoms with Crippen LogP contribution in [-0.4, -0.2) is 43.3 Å². The number of allylic oxidation sites excluding steroid dienone is 2. The molecule has 2 aliphatic rings.